The highest BCUT2D eigenvalue weighted by Gasteiger charge is 2.30. The van der Waals surface area contributed by atoms with Gasteiger partial charge in [0, 0.05) is 12.1 Å². The van der Waals surface area contributed by atoms with Gasteiger partial charge in [-0.05, 0) is 30.5 Å². The zero-order valence-corrected chi connectivity index (χ0v) is 12.0. The van der Waals surface area contributed by atoms with E-state index < -0.39 is 10.0 Å². The maximum atomic E-state index is 11.9. The highest BCUT2D eigenvalue weighted by atomic mass is 32.2. The number of benzene rings is 1. The van der Waals surface area contributed by atoms with Crippen molar-refractivity contribution in [1.82, 2.24) is 4.72 Å². The van der Waals surface area contributed by atoms with Gasteiger partial charge in [0.05, 0.1) is 4.90 Å². The highest BCUT2D eigenvalue weighted by molar-refractivity contribution is 7.90. The Bertz CT molecular complexity index is 606. The van der Waals surface area contributed by atoms with E-state index in [1.807, 2.05) is 6.07 Å². The maximum Gasteiger partial charge on any atom is 0.263 e. The third-order valence-corrected chi connectivity index (χ3v) is 4.55. The maximum absolute atomic E-state index is 11.9. The third-order valence-electron chi connectivity index (χ3n) is 3.15. The quantitative estimate of drug-likeness (QED) is 0.866. The standard InChI is InChI=1S/C13H19N3O2S/c1-13(2,7-8-14)9-15-12-10-5-3-4-6-11(10)19(17,18)16-12/h3-6H,7-9,14H2,1-2H3,(H,15,16). The summed E-state index contributed by atoms with van der Waals surface area (Å²) in [6, 6.07) is 6.87. The molecule has 1 aromatic rings. The second-order valence-corrected chi connectivity index (χ2v) is 7.12. The first-order chi connectivity index (χ1) is 8.86. The van der Waals surface area contributed by atoms with Gasteiger partial charge in [0.15, 0.2) is 0 Å². The highest BCUT2D eigenvalue weighted by Crippen LogP contribution is 2.24. The van der Waals surface area contributed by atoms with Crippen molar-refractivity contribution in [1.29, 1.82) is 0 Å². The molecule has 0 atom stereocenters. The van der Waals surface area contributed by atoms with Gasteiger partial charge in [0.1, 0.15) is 5.84 Å². The zero-order valence-electron chi connectivity index (χ0n) is 11.2. The molecule has 3 N–H and O–H groups in total. The molecule has 0 aromatic heterocycles. The molecule has 0 spiro atoms. The van der Waals surface area contributed by atoms with E-state index in [0.717, 1.165) is 6.42 Å². The molecule has 0 saturated heterocycles. The number of hydrogen-bond donors (Lipinski definition) is 2. The molecule has 6 heteroatoms. The van der Waals surface area contributed by atoms with Crippen LogP contribution in [0.25, 0.3) is 0 Å². The van der Waals surface area contributed by atoms with Gasteiger partial charge < -0.3 is 5.73 Å². The second-order valence-electron chi connectivity index (χ2n) is 5.47. The predicted molar refractivity (Wildman–Crippen MR) is 75.6 cm³/mol. The average molecular weight is 281 g/mol. The zero-order chi connectivity index (χ0) is 14.1. The summed E-state index contributed by atoms with van der Waals surface area (Å²) in [6.07, 6.45) is 0.845. The molecular weight excluding hydrogens is 262 g/mol. The monoisotopic (exact) mass is 281 g/mol. The Morgan fingerprint density at radius 2 is 2.00 bits per heavy atom. The van der Waals surface area contributed by atoms with Crippen molar-refractivity contribution in [2.24, 2.45) is 16.1 Å². The number of nitrogens with two attached hydrogens (primary N) is 1. The molecule has 1 aliphatic heterocycles. The Balaban J connectivity index is 2.29. The van der Waals surface area contributed by atoms with Gasteiger partial charge >= 0.3 is 0 Å². The van der Waals surface area contributed by atoms with Gasteiger partial charge in [0.2, 0.25) is 0 Å². The van der Waals surface area contributed by atoms with Crippen molar-refractivity contribution in [3.05, 3.63) is 29.8 Å². The largest absolute Gasteiger partial charge is 0.330 e. The molecule has 19 heavy (non-hydrogen) atoms. The summed E-state index contributed by atoms with van der Waals surface area (Å²) in [6.45, 7) is 5.27. The fourth-order valence-electron chi connectivity index (χ4n) is 2.01. The lowest BCUT2D eigenvalue weighted by Gasteiger charge is -2.21. The van der Waals surface area contributed by atoms with Crippen molar-refractivity contribution in [3.8, 4) is 0 Å². The minimum absolute atomic E-state index is 0.0370. The lowest BCUT2D eigenvalue weighted by atomic mass is 9.89. The number of fused-ring (bicyclic) bond motifs is 1. The molecule has 2 rings (SSSR count). The minimum Gasteiger partial charge on any atom is -0.330 e. The van der Waals surface area contributed by atoms with Gasteiger partial charge in [0.25, 0.3) is 10.0 Å². The Morgan fingerprint density at radius 1 is 1.32 bits per heavy atom. The van der Waals surface area contributed by atoms with Crippen LogP contribution in [0.4, 0.5) is 0 Å². The van der Waals surface area contributed by atoms with E-state index >= 15 is 0 Å². The van der Waals surface area contributed by atoms with Gasteiger partial charge in [-0.3, -0.25) is 9.71 Å². The van der Waals surface area contributed by atoms with E-state index in [-0.39, 0.29) is 5.41 Å². The molecule has 0 amide bonds. The van der Waals surface area contributed by atoms with Crippen LogP contribution in [0.5, 0.6) is 0 Å². The van der Waals surface area contributed by atoms with Crippen LogP contribution in [0, 0.1) is 5.41 Å². The lowest BCUT2D eigenvalue weighted by molar-refractivity contribution is 0.355. The number of hydrogen-bond acceptors (Lipinski definition) is 4. The van der Waals surface area contributed by atoms with Crippen molar-refractivity contribution in [3.63, 3.8) is 0 Å². The van der Waals surface area contributed by atoms with Crippen LogP contribution in [0.3, 0.4) is 0 Å². The summed E-state index contributed by atoms with van der Waals surface area (Å²) in [5.41, 5.74) is 6.17. The van der Waals surface area contributed by atoms with Gasteiger partial charge in [-0.25, -0.2) is 8.42 Å². The topological polar surface area (TPSA) is 84.5 Å². The molecule has 0 radical (unpaired) electrons. The smallest absolute Gasteiger partial charge is 0.263 e. The summed E-state index contributed by atoms with van der Waals surface area (Å²) >= 11 is 0. The number of rotatable bonds is 4. The summed E-state index contributed by atoms with van der Waals surface area (Å²) in [5, 5.41) is 0. The third kappa shape index (κ3) is 2.96. The first-order valence-corrected chi connectivity index (χ1v) is 7.71. The summed E-state index contributed by atoms with van der Waals surface area (Å²) in [7, 11) is -3.44. The number of aliphatic imine (C=N–C) groups is 1. The summed E-state index contributed by atoms with van der Waals surface area (Å²) in [4.78, 5) is 4.72. The van der Waals surface area contributed by atoms with Crippen LogP contribution in [-0.4, -0.2) is 27.3 Å². The number of sulfonamides is 1. The predicted octanol–water partition coefficient (Wildman–Crippen LogP) is 1.10. The van der Waals surface area contributed by atoms with Crippen molar-refractivity contribution < 1.29 is 8.42 Å². The molecule has 104 valence electrons. The Morgan fingerprint density at radius 3 is 2.68 bits per heavy atom. The summed E-state index contributed by atoms with van der Waals surface area (Å²) in [5.74, 6) is 0.431. The Kier molecular flexibility index (Phi) is 3.64. The summed E-state index contributed by atoms with van der Waals surface area (Å²) < 4.78 is 26.3. The van der Waals surface area contributed by atoms with Gasteiger partial charge in [-0.2, -0.15) is 0 Å². The molecule has 1 aromatic carbocycles. The molecule has 0 saturated carbocycles. The van der Waals surface area contributed by atoms with E-state index in [4.69, 9.17) is 5.73 Å². The van der Waals surface area contributed by atoms with Crippen molar-refractivity contribution >= 4 is 15.9 Å². The second kappa shape index (κ2) is 4.94. The van der Waals surface area contributed by atoms with Crippen LogP contribution < -0.4 is 10.5 Å². The van der Waals surface area contributed by atoms with E-state index in [1.54, 1.807) is 18.2 Å². The number of amidine groups is 1. The fourth-order valence-corrected chi connectivity index (χ4v) is 3.27. The first-order valence-electron chi connectivity index (χ1n) is 6.22. The van der Waals surface area contributed by atoms with Crippen LogP contribution in [-0.2, 0) is 10.0 Å². The van der Waals surface area contributed by atoms with Crippen LogP contribution in [0.2, 0.25) is 0 Å². The van der Waals surface area contributed by atoms with Crippen LogP contribution in [0.15, 0.2) is 34.2 Å². The molecule has 1 aliphatic rings. The van der Waals surface area contributed by atoms with Crippen LogP contribution in [0.1, 0.15) is 25.8 Å². The molecule has 5 nitrogen and oxygen atoms in total. The molecule has 1 heterocycles. The fraction of sp³-hybridized carbons (Fsp3) is 0.462. The van der Waals surface area contributed by atoms with E-state index in [2.05, 4.69) is 23.6 Å². The van der Waals surface area contributed by atoms with Gasteiger partial charge in [-0.1, -0.05) is 26.0 Å². The van der Waals surface area contributed by atoms with E-state index in [0.29, 0.717) is 29.4 Å². The SMILES string of the molecule is CC(C)(CCN)CN=C1NS(=O)(=O)c2ccccc21. The van der Waals surface area contributed by atoms with Crippen molar-refractivity contribution in [2.45, 2.75) is 25.2 Å². The minimum atomic E-state index is -3.44. The van der Waals surface area contributed by atoms with E-state index in [9.17, 15) is 8.42 Å². The molecule has 0 aliphatic carbocycles. The lowest BCUT2D eigenvalue weighted by Crippen LogP contribution is -2.26. The molecule has 0 fully saturated rings. The molecule has 0 bridgehead atoms. The van der Waals surface area contributed by atoms with E-state index in [1.165, 1.54) is 0 Å². The molecular formula is C13H19N3O2S. The normalized spacial score (nSPS) is 19.2. The Labute approximate surface area is 114 Å². The van der Waals surface area contributed by atoms with Crippen molar-refractivity contribution in [2.75, 3.05) is 13.1 Å². The Hall–Kier alpha value is -1.40. The van der Waals surface area contributed by atoms with Crippen LogP contribution >= 0.6 is 0 Å². The molecule has 0 unspecified atom stereocenters. The first kappa shape index (κ1) is 14.0. The number of nitrogens with one attached hydrogen (secondary N) is 1. The number of nitrogens with zero attached hydrogens (tertiary/aromatic N) is 1. The average Bonchev–Trinajstić information content (AvgIpc) is 2.60. The van der Waals surface area contributed by atoms with Gasteiger partial charge in [-0.15, -0.1) is 0 Å².